The van der Waals surface area contributed by atoms with E-state index in [-0.39, 0.29) is 45.4 Å². The summed E-state index contributed by atoms with van der Waals surface area (Å²) >= 11 is 6.31. The Morgan fingerprint density at radius 1 is 1.41 bits per heavy atom. The first-order valence-electron chi connectivity index (χ1n) is 11.2. The molecule has 3 aromatic rings. The lowest BCUT2D eigenvalue weighted by Gasteiger charge is -2.22. The number of primary amides is 1. The number of nitrogens with two attached hydrogens (primary N) is 1. The number of hydrogen-bond donors (Lipinski definition) is 2. The third-order valence-electron chi connectivity index (χ3n) is 6.14. The molecule has 1 aliphatic rings. The lowest BCUT2D eigenvalue weighted by Crippen LogP contribution is -2.37. The van der Waals surface area contributed by atoms with Gasteiger partial charge in [-0.3, -0.25) is 14.2 Å². The minimum Gasteiger partial charge on any atom is -0.383 e. The normalized spacial score (nSPS) is 17.2. The van der Waals surface area contributed by atoms with Gasteiger partial charge in [0.2, 0.25) is 5.91 Å². The predicted octanol–water partition coefficient (Wildman–Crippen LogP) is 2.80. The predicted molar refractivity (Wildman–Crippen MR) is 133 cm³/mol. The molecule has 4 rings (SSSR count). The number of nitrogens with one attached hydrogen (secondary N) is 1. The fraction of sp³-hybridized carbons (Fsp3) is 0.333. The zero-order valence-electron chi connectivity index (χ0n) is 20.0. The average molecular weight is 532 g/mol. The molecular formula is C24H24ClF2N7O3. The molecule has 1 aromatic carbocycles. The number of halogens is 3. The van der Waals surface area contributed by atoms with Gasteiger partial charge in [0.1, 0.15) is 17.7 Å². The Morgan fingerprint density at radius 3 is 2.78 bits per heavy atom. The van der Waals surface area contributed by atoms with Crippen LogP contribution < -0.4 is 11.1 Å². The Balaban J connectivity index is 1.77. The highest BCUT2D eigenvalue weighted by Crippen LogP contribution is 2.33. The molecule has 37 heavy (non-hydrogen) atoms. The van der Waals surface area contributed by atoms with Gasteiger partial charge in [-0.05, 0) is 30.6 Å². The highest BCUT2D eigenvalue weighted by Gasteiger charge is 2.37. The van der Waals surface area contributed by atoms with Crippen molar-refractivity contribution in [2.75, 3.05) is 32.6 Å². The van der Waals surface area contributed by atoms with Gasteiger partial charge in [-0.1, -0.05) is 24.1 Å². The topological polar surface area (TPSA) is 120 Å². The lowest BCUT2D eigenvalue weighted by molar-refractivity contribution is -0.127. The largest absolute Gasteiger partial charge is 0.383 e. The standard InChI is InChI=1S/C24H24ClF2N7O3/c1-4-20(35)32-10-14(8-15(32)11-37-3)34-23(29-2)21(22(28)36)17(31-34)6-5-13-7-19-18(9-16(13)25)30-12-33(19)24(26)27/h4,7,9,12,14-15,24,29H,1,8,10-11H2,2-3H3,(H2,28,36)/t14-,15+/m0/s1. The summed E-state index contributed by atoms with van der Waals surface area (Å²) in [6, 6.07) is 2.31. The number of imidazole rings is 1. The summed E-state index contributed by atoms with van der Waals surface area (Å²) in [7, 11) is 3.16. The number of hydrogen-bond acceptors (Lipinski definition) is 6. The summed E-state index contributed by atoms with van der Waals surface area (Å²) in [6.45, 7) is 1.39. The van der Waals surface area contributed by atoms with Crippen molar-refractivity contribution in [1.82, 2.24) is 24.2 Å². The summed E-state index contributed by atoms with van der Waals surface area (Å²) in [5.41, 5.74) is 6.50. The molecule has 194 valence electrons. The van der Waals surface area contributed by atoms with Crippen molar-refractivity contribution in [3.8, 4) is 11.8 Å². The van der Waals surface area contributed by atoms with Gasteiger partial charge in [0.05, 0.1) is 34.7 Å². The number of carbonyl (C=O) groups excluding carboxylic acids is 2. The molecule has 13 heteroatoms. The zero-order chi connectivity index (χ0) is 26.9. The first-order chi connectivity index (χ1) is 17.7. The van der Waals surface area contributed by atoms with Gasteiger partial charge in [-0.2, -0.15) is 13.9 Å². The monoisotopic (exact) mass is 531 g/mol. The Morgan fingerprint density at radius 2 is 2.16 bits per heavy atom. The van der Waals surface area contributed by atoms with Crippen molar-refractivity contribution < 1.29 is 23.1 Å². The quantitative estimate of drug-likeness (QED) is 0.357. The number of aromatic nitrogens is 4. The van der Waals surface area contributed by atoms with Crippen LogP contribution in [-0.2, 0) is 9.53 Å². The molecule has 0 bridgehead atoms. The number of fused-ring (bicyclic) bond motifs is 1. The Kier molecular flexibility index (Phi) is 7.47. The molecule has 1 fully saturated rings. The fourth-order valence-corrected chi connectivity index (χ4v) is 4.70. The van der Waals surface area contributed by atoms with Crippen LogP contribution in [-0.4, -0.2) is 69.4 Å². The van der Waals surface area contributed by atoms with Gasteiger partial charge in [-0.25, -0.2) is 9.67 Å². The number of anilines is 1. The molecule has 2 aromatic heterocycles. The van der Waals surface area contributed by atoms with Crippen LogP contribution in [0.25, 0.3) is 11.0 Å². The van der Waals surface area contributed by atoms with Crippen molar-refractivity contribution in [3.63, 3.8) is 0 Å². The summed E-state index contributed by atoms with van der Waals surface area (Å²) in [6.07, 6.45) is 2.77. The second-order valence-electron chi connectivity index (χ2n) is 8.32. The van der Waals surface area contributed by atoms with Gasteiger partial charge in [-0.15, -0.1) is 0 Å². The van der Waals surface area contributed by atoms with E-state index in [9.17, 15) is 18.4 Å². The molecule has 0 aliphatic carbocycles. The number of likely N-dealkylation sites (tertiary alicyclic amines) is 1. The molecule has 0 saturated carbocycles. The van der Waals surface area contributed by atoms with Crippen molar-refractivity contribution in [2.45, 2.75) is 25.1 Å². The van der Waals surface area contributed by atoms with E-state index in [1.807, 2.05) is 0 Å². The van der Waals surface area contributed by atoms with Gasteiger partial charge >= 0.3 is 6.55 Å². The number of benzene rings is 1. The van der Waals surface area contributed by atoms with E-state index in [0.29, 0.717) is 35.5 Å². The number of alkyl halides is 2. The van der Waals surface area contributed by atoms with Gasteiger partial charge < -0.3 is 20.7 Å². The first-order valence-corrected chi connectivity index (χ1v) is 11.6. The van der Waals surface area contributed by atoms with E-state index in [4.69, 9.17) is 22.1 Å². The second kappa shape index (κ2) is 10.6. The van der Waals surface area contributed by atoms with Crippen molar-refractivity contribution in [2.24, 2.45) is 5.73 Å². The number of carbonyl (C=O) groups is 2. The van der Waals surface area contributed by atoms with Gasteiger partial charge in [0.15, 0.2) is 5.69 Å². The summed E-state index contributed by atoms with van der Waals surface area (Å²) in [5, 5.41) is 7.69. The molecule has 10 nitrogen and oxygen atoms in total. The molecule has 1 aliphatic heterocycles. The number of methoxy groups -OCH3 is 1. The summed E-state index contributed by atoms with van der Waals surface area (Å²) in [5.74, 6) is 4.96. The lowest BCUT2D eigenvalue weighted by atomic mass is 10.1. The van der Waals surface area contributed by atoms with Crippen LogP contribution in [0.5, 0.6) is 0 Å². The fourth-order valence-electron chi connectivity index (χ4n) is 4.49. The highest BCUT2D eigenvalue weighted by atomic mass is 35.5. The Labute approximate surface area is 216 Å². The molecule has 3 N–H and O–H groups in total. The SMILES string of the molecule is C=CC(=O)N1C[C@@H](n2nc(C#Cc3cc4c(cc3Cl)ncn4C(F)F)c(C(N)=O)c2NC)C[C@@H]1COC. The highest BCUT2D eigenvalue weighted by molar-refractivity contribution is 6.32. The second-order valence-corrected chi connectivity index (χ2v) is 8.73. The van der Waals surface area contributed by atoms with E-state index in [2.05, 4.69) is 33.8 Å². The van der Waals surface area contributed by atoms with Crippen LogP contribution in [0.15, 0.2) is 31.1 Å². The molecule has 2 atom stereocenters. The zero-order valence-corrected chi connectivity index (χ0v) is 20.8. The van der Waals surface area contributed by atoms with Crippen LogP contribution >= 0.6 is 11.6 Å². The van der Waals surface area contributed by atoms with Crippen LogP contribution in [0.2, 0.25) is 5.02 Å². The van der Waals surface area contributed by atoms with E-state index < -0.39 is 12.5 Å². The van der Waals surface area contributed by atoms with Crippen molar-refractivity contribution >= 4 is 40.3 Å². The van der Waals surface area contributed by atoms with E-state index in [0.717, 1.165) is 6.33 Å². The van der Waals surface area contributed by atoms with Gasteiger partial charge in [0, 0.05) is 26.3 Å². The van der Waals surface area contributed by atoms with Crippen molar-refractivity contribution in [1.29, 1.82) is 0 Å². The summed E-state index contributed by atoms with van der Waals surface area (Å²) < 4.78 is 34.2. The molecule has 0 radical (unpaired) electrons. The van der Waals surface area contributed by atoms with Crippen LogP contribution in [0.4, 0.5) is 14.6 Å². The number of rotatable bonds is 7. The average Bonchev–Trinajstić information content (AvgIpc) is 3.56. The van der Waals surface area contributed by atoms with E-state index in [1.165, 1.54) is 18.2 Å². The van der Waals surface area contributed by atoms with Crippen LogP contribution in [0, 0.1) is 11.8 Å². The third-order valence-corrected chi connectivity index (χ3v) is 6.45. The van der Waals surface area contributed by atoms with E-state index >= 15 is 0 Å². The van der Waals surface area contributed by atoms with Crippen LogP contribution in [0.1, 0.15) is 40.6 Å². The molecule has 3 heterocycles. The van der Waals surface area contributed by atoms with Crippen LogP contribution in [0.3, 0.4) is 0 Å². The molecule has 1 saturated heterocycles. The molecule has 2 amide bonds. The minimum atomic E-state index is -2.79. The summed E-state index contributed by atoms with van der Waals surface area (Å²) in [4.78, 5) is 30.4. The third kappa shape index (κ3) is 4.87. The molecule has 0 unspecified atom stereocenters. The Bertz CT molecular complexity index is 1440. The maximum absolute atomic E-state index is 13.3. The minimum absolute atomic E-state index is 0.0570. The molecular weight excluding hydrogens is 508 g/mol. The number of amides is 2. The van der Waals surface area contributed by atoms with Gasteiger partial charge in [0.25, 0.3) is 5.91 Å². The number of ether oxygens (including phenoxy) is 1. The first kappa shape index (κ1) is 26.1. The maximum Gasteiger partial charge on any atom is 0.320 e. The number of nitrogens with zero attached hydrogens (tertiary/aromatic N) is 5. The maximum atomic E-state index is 13.3. The van der Waals surface area contributed by atoms with E-state index in [1.54, 1.807) is 23.7 Å². The van der Waals surface area contributed by atoms with Crippen molar-refractivity contribution in [3.05, 3.63) is 53.0 Å². The molecule has 0 spiro atoms. The Hall–Kier alpha value is -3.95. The smallest absolute Gasteiger partial charge is 0.320 e.